The number of ketones is 1. The lowest BCUT2D eigenvalue weighted by atomic mass is 10.2. The molecule has 0 aliphatic rings. The molecule has 0 aromatic heterocycles. The fourth-order valence-corrected chi connectivity index (χ4v) is 2.41. The summed E-state index contributed by atoms with van der Waals surface area (Å²) in [4.78, 5) is 36.5. The number of carbonyl (C=O) groups excluding carboxylic acids is 3. The van der Waals surface area contributed by atoms with E-state index in [0.717, 1.165) is 10.5 Å². The Morgan fingerprint density at radius 3 is 2.64 bits per heavy atom. The molecule has 0 saturated heterocycles. The van der Waals surface area contributed by atoms with E-state index in [1.54, 1.807) is 48.5 Å². The van der Waals surface area contributed by atoms with Gasteiger partial charge in [0.15, 0.2) is 0 Å². The Hall–Kier alpha value is -2.86. The van der Waals surface area contributed by atoms with Gasteiger partial charge in [-0.05, 0) is 29.8 Å². The number of hydrogen-bond acceptors (Lipinski definition) is 4. The van der Waals surface area contributed by atoms with Gasteiger partial charge in [-0.3, -0.25) is 14.4 Å². The number of para-hydroxylation sites is 2. The zero-order chi connectivity index (χ0) is 18.2. The van der Waals surface area contributed by atoms with E-state index >= 15 is 0 Å². The Balaban J connectivity index is 1.99. The molecule has 25 heavy (non-hydrogen) atoms. The van der Waals surface area contributed by atoms with Gasteiger partial charge in [0.1, 0.15) is 5.75 Å². The lowest BCUT2D eigenvalue weighted by Crippen LogP contribution is -2.39. The summed E-state index contributed by atoms with van der Waals surface area (Å²) < 4.78 is 5.16. The van der Waals surface area contributed by atoms with Gasteiger partial charge in [0, 0.05) is 11.6 Å². The maximum atomic E-state index is 12.1. The second-order valence-corrected chi connectivity index (χ2v) is 5.58. The quantitative estimate of drug-likeness (QED) is 0.578. The molecule has 130 valence electrons. The van der Waals surface area contributed by atoms with Gasteiger partial charge in [-0.1, -0.05) is 35.9 Å². The van der Waals surface area contributed by atoms with E-state index in [9.17, 15) is 14.4 Å². The van der Waals surface area contributed by atoms with Crippen LogP contribution in [0, 0.1) is 0 Å². The molecule has 0 fully saturated rings. The second kappa shape index (κ2) is 8.84. The first-order valence-electron chi connectivity index (χ1n) is 7.45. The van der Waals surface area contributed by atoms with Crippen LogP contribution in [-0.4, -0.2) is 31.8 Å². The molecule has 0 unspecified atom stereocenters. The maximum Gasteiger partial charge on any atom is 0.289 e. The number of nitrogens with zero attached hydrogens (tertiary/aromatic N) is 1. The van der Waals surface area contributed by atoms with E-state index in [0.29, 0.717) is 22.9 Å². The van der Waals surface area contributed by atoms with Crippen molar-refractivity contribution in [3.8, 4) is 5.75 Å². The molecule has 2 rings (SSSR count). The molecule has 0 radical (unpaired) electrons. The number of anilines is 1. The third-order valence-corrected chi connectivity index (χ3v) is 3.67. The summed E-state index contributed by atoms with van der Waals surface area (Å²) in [6.45, 7) is -0.216. The van der Waals surface area contributed by atoms with Crippen molar-refractivity contribution >= 4 is 35.4 Å². The summed E-state index contributed by atoms with van der Waals surface area (Å²) in [6, 6.07) is 13.7. The van der Waals surface area contributed by atoms with Crippen molar-refractivity contribution in [2.75, 3.05) is 18.6 Å². The van der Waals surface area contributed by atoms with Crippen molar-refractivity contribution < 1.29 is 19.1 Å². The monoisotopic (exact) mass is 360 g/mol. The van der Waals surface area contributed by atoms with Gasteiger partial charge in [0.2, 0.25) is 12.2 Å². The number of benzene rings is 2. The molecule has 0 bridgehead atoms. The number of amides is 2. The summed E-state index contributed by atoms with van der Waals surface area (Å²) in [7, 11) is 1.46. The van der Waals surface area contributed by atoms with Gasteiger partial charge in [-0.25, -0.2) is 0 Å². The normalized spacial score (nSPS) is 10.0. The van der Waals surface area contributed by atoms with Crippen molar-refractivity contribution in [2.45, 2.75) is 6.54 Å². The van der Waals surface area contributed by atoms with Crippen LogP contribution in [0.2, 0.25) is 5.02 Å². The molecule has 0 spiro atoms. The van der Waals surface area contributed by atoms with Gasteiger partial charge in [0.25, 0.3) is 5.91 Å². The molecule has 0 heterocycles. The standard InChI is InChI=1S/C18H17ClN2O4/c1-25-17-8-3-2-7-15(17)21(12-22)11-16(23)18(24)20-10-13-5-4-6-14(19)9-13/h2-9,12H,10-11H2,1H3,(H,20,24). The van der Waals surface area contributed by atoms with Crippen LogP contribution in [0.5, 0.6) is 5.75 Å². The van der Waals surface area contributed by atoms with Gasteiger partial charge >= 0.3 is 0 Å². The Labute approximate surface area is 150 Å². The van der Waals surface area contributed by atoms with Crippen LogP contribution >= 0.6 is 11.6 Å². The fraction of sp³-hybridized carbons (Fsp3) is 0.167. The molecule has 7 heteroatoms. The van der Waals surface area contributed by atoms with E-state index in [-0.39, 0.29) is 13.1 Å². The number of rotatable bonds is 8. The van der Waals surface area contributed by atoms with Crippen molar-refractivity contribution in [1.82, 2.24) is 5.32 Å². The summed E-state index contributed by atoms with van der Waals surface area (Å²) in [6.07, 6.45) is 0.486. The molecule has 6 nitrogen and oxygen atoms in total. The molecular formula is C18H17ClN2O4. The number of ether oxygens (including phenoxy) is 1. The zero-order valence-corrected chi connectivity index (χ0v) is 14.3. The maximum absolute atomic E-state index is 12.1. The first-order chi connectivity index (χ1) is 12.0. The predicted molar refractivity (Wildman–Crippen MR) is 94.7 cm³/mol. The molecule has 1 N–H and O–H groups in total. The molecule has 2 aromatic carbocycles. The number of halogens is 1. The van der Waals surface area contributed by atoms with Crippen molar-refractivity contribution in [3.05, 3.63) is 59.1 Å². The fourth-order valence-electron chi connectivity index (χ4n) is 2.20. The second-order valence-electron chi connectivity index (χ2n) is 5.14. The molecule has 0 saturated carbocycles. The number of Topliss-reactive ketones (excluding diaryl/α,β-unsaturated/α-hetero) is 1. The molecule has 2 aromatic rings. The van der Waals surface area contributed by atoms with Crippen LogP contribution in [0.15, 0.2) is 48.5 Å². The van der Waals surface area contributed by atoms with Gasteiger partial charge in [-0.2, -0.15) is 0 Å². The van der Waals surface area contributed by atoms with Crippen LogP contribution in [0.3, 0.4) is 0 Å². The number of nitrogens with one attached hydrogen (secondary N) is 1. The van der Waals surface area contributed by atoms with Gasteiger partial charge in [0.05, 0.1) is 19.3 Å². The highest BCUT2D eigenvalue weighted by atomic mass is 35.5. The smallest absolute Gasteiger partial charge is 0.289 e. The SMILES string of the molecule is COc1ccccc1N(C=O)CC(=O)C(=O)NCc1cccc(Cl)c1. The molecule has 2 amide bonds. The van der Waals surface area contributed by atoms with E-state index in [4.69, 9.17) is 16.3 Å². The Morgan fingerprint density at radius 1 is 1.20 bits per heavy atom. The minimum Gasteiger partial charge on any atom is -0.495 e. The summed E-state index contributed by atoms with van der Waals surface area (Å²) in [5.41, 5.74) is 1.18. The highest BCUT2D eigenvalue weighted by Gasteiger charge is 2.20. The zero-order valence-electron chi connectivity index (χ0n) is 13.6. The van der Waals surface area contributed by atoms with Gasteiger partial charge in [-0.15, -0.1) is 0 Å². The minimum absolute atomic E-state index is 0.168. The number of methoxy groups -OCH3 is 1. The highest BCUT2D eigenvalue weighted by molar-refractivity contribution is 6.37. The summed E-state index contributed by atoms with van der Waals surface area (Å²) in [5.74, 6) is -1.08. The van der Waals surface area contributed by atoms with Crippen LogP contribution in [0.1, 0.15) is 5.56 Å². The van der Waals surface area contributed by atoms with Crippen molar-refractivity contribution in [1.29, 1.82) is 0 Å². The summed E-state index contributed by atoms with van der Waals surface area (Å²) in [5, 5.41) is 3.06. The third kappa shape index (κ3) is 5.06. The van der Waals surface area contributed by atoms with Crippen molar-refractivity contribution in [3.63, 3.8) is 0 Å². The molecule has 0 aliphatic carbocycles. The molecular weight excluding hydrogens is 344 g/mol. The lowest BCUT2D eigenvalue weighted by molar-refractivity contribution is -0.137. The predicted octanol–water partition coefficient (Wildman–Crippen LogP) is 2.20. The molecule has 0 atom stereocenters. The lowest BCUT2D eigenvalue weighted by Gasteiger charge is -2.19. The van der Waals surface area contributed by atoms with Crippen LogP contribution < -0.4 is 15.0 Å². The Morgan fingerprint density at radius 2 is 1.96 bits per heavy atom. The average Bonchev–Trinajstić information content (AvgIpc) is 2.64. The largest absolute Gasteiger partial charge is 0.495 e. The number of carbonyl (C=O) groups is 3. The summed E-state index contributed by atoms with van der Waals surface area (Å²) >= 11 is 5.87. The average molecular weight is 361 g/mol. The van der Waals surface area contributed by atoms with E-state index < -0.39 is 11.7 Å². The minimum atomic E-state index is -0.776. The van der Waals surface area contributed by atoms with Crippen LogP contribution in [-0.2, 0) is 20.9 Å². The first-order valence-corrected chi connectivity index (χ1v) is 7.83. The highest BCUT2D eigenvalue weighted by Crippen LogP contribution is 2.26. The van der Waals surface area contributed by atoms with Crippen molar-refractivity contribution in [2.24, 2.45) is 0 Å². The van der Waals surface area contributed by atoms with Crippen LogP contribution in [0.4, 0.5) is 5.69 Å². The van der Waals surface area contributed by atoms with E-state index in [1.807, 2.05) is 0 Å². The van der Waals surface area contributed by atoms with E-state index in [2.05, 4.69) is 5.32 Å². The van der Waals surface area contributed by atoms with Gasteiger partial charge < -0.3 is 15.0 Å². The Kier molecular flexibility index (Phi) is 6.54. The Bertz CT molecular complexity index is 779. The third-order valence-electron chi connectivity index (χ3n) is 3.43. The van der Waals surface area contributed by atoms with E-state index in [1.165, 1.54) is 7.11 Å². The van der Waals surface area contributed by atoms with Crippen LogP contribution in [0.25, 0.3) is 0 Å². The number of hydrogen-bond donors (Lipinski definition) is 1. The molecule has 0 aliphatic heterocycles. The first kappa shape index (κ1) is 18.5. The topological polar surface area (TPSA) is 75.7 Å².